The summed E-state index contributed by atoms with van der Waals surface area (Å²) < 4.78 is 53.8. The Labute approximate surface area is 213 Å². The maximum Gasteiger partial charge on any atom is 0.271 e. The summed E-state index contributed by atoms with van der Waals surface area (Å²) in [5, 5.41) is 2.69. The van der Waals surface area contributed by atoms with Gasteiger partial charge < -0.3 is 0 Å². The number of allylic oxidation sites excluding steroid dienone is 1. The summed E-state index contributed by atoms with van der Waals surface area (Å²) in [6.07, 6.45) is 7.70. The fraction of sp³-hybridized carbons (Fsp3) is 0.269. The Hall–Kier alpha value is -2.75. The predicted molar refractivity (Wildman–Crippen MR) is 146 cm³/mol. The van der Waals surface area contributed by atoms with Crippen LogP contribution in [-0.2, 0) is 19.9 Å². The highest BCUT2D eigenvalue weighted by Crippen LogP contribution is 2.28. The number of thiophene rings is 1. The van der Waals surface area contributed by atoms with Gasteiger partial charge in [-0.3, -0.25) is 9.71 Å². The molecular formula is C26H34N2O4S3. The molecule has 35 heavy (non-hydrogen) atoms. The van der Waals surface area contributed by atoms with Gasteiger partial charge in [-0.1, -0.05) is 78.0 Å². The van der Waals surface area contributed by atoms with Gasteiger partial charge in [-0.2, -0.15) is 0 Å². The molecule has 6 nitrogen and oxygen atoms in total. The SMILES string of the molecule is CC.CC.CC.O=S(=O)(NC1=c2ncccc2=CCC=C1)c1cc(S(=O)(=O)c2ccccc2)cs1. The number of hydrogen-bond acceptors (Lipinski definition) is 6. The number of nitrogens with zero attached hydrogens (tertiary/aromatic N) is 1. The second kappa shape index (κ2) is 14.6. The number of nitrogens with one attached hydrogen (secondary N) is 1. The molecular weight excluding hydrogens is 500 g/mol. The minimum atomic E-state index is -3.98. The zero-order chi connectivity index (χ0) is 26.5. The van der Waals surface area contributed by atoms with Crippen molar-refractivity contribution in [2.75, 3.05) is 0 Å². The first-order valence-electron chi connectivity index (χ1n) is 11.6. The smallest absolute Gasteiger partial charge is 0.271 e. The van der Waals surface area contributed by atoms with E-state index in [4.69, 9.17) is 0 Å². The minimum absolute atomic E-state index is 0.0534. The quantitative estimate of drug-likeness (QED) is 0.504. The van der Waals surface area contributed by atoms with Gasteiger partial charge in [-0.05, 0) is 42.0 Å². The van der Waals surface area contributed by atoms with Gasteiger partial charge in [0, 0.05) is 11.6 Å². The van der Waals surface area contributed by atoms with Crippen molar-refractivity contribution in [2.45, 2.75) is 62.0 Å². The average molecular weight is 535 g/mol. The summed E-state index contributed by atoms with van der Waals surface area (Å²) in [7, 11) is -7.76. The molecule has 0 spiro atoms. The van der Waals surface area contributed by atoms with E-state index in [1.54, 1.807) is 36.5 Å². The van der Waals surface area contributed by atoms with Crippen molar-refractivity contribution in [1.82, 2.24) is 9.71 Å². The molecule has 9 heteroatoms. The molecule has 0 unspecified atom stereocenters. The van der Waals surface area contributed by atoms with Gasteiger partial charge in [0.05, 0.1) is 20.8 Å². The molecule has 0 atom stereocenters. The summed E-state index contributed by atoms with van der Waals surface area (Å²) in [4.78, 5) is 4.35. The number of benzene rings is 1. The van der Waals surface area contributed by atoms with Gasteiger partial charge in [0.2, 0.25) is 9.84 Å². The first kappa shape index (κ1) is 30.3. The van der Waals surface area contributed by atoms with E-state index < -0.39 is 19.9 Å². The summed E-state index contributed by atoms with van der Waals surface area (Å²) in [5.74, 6) is 0. The summed E-state index contributed by atoms with van der Waals surface area (Å²) in [6, 6.07) is 12.7. The van der Waals surface area contributed by atoms with Crippen molar-refractivity contribution in [1.29, 1.82) is 0 Å². The lowest BCUT2D eigenvalue weighted by Gasteiger charge is -2.07. The molecule has 2 heterocycles. The van der Waals surface area contributed by atoms with Crippen molar-refractivity contribution in [3.63, 3.8) is 0 Å². The van der Waals surface area contributed by atoms with Crippen LogP contribution in [0.3, 0.4) is 0 Å². The first-order chi connectivity index (χ1) is 16.9. The molecule has 1 N–H and O–H groups in total. The number of sulfonamides is 1. The van der Waals surface area contributed by atoms with Gasteiger partial charge in [0.25, 0.3) is 10.0 Å². The number of hydrogen-bond donors (Lipinski definition) is 1. The van der Waals surface area contributed by atoms with Crippen LogP contribution in [0.15, 0.2) is 86.3 Å². The van der Waals surface area contributed by atoms with Crippen LogP contribution in [0, 0.1) is 0 Å². The summed E-state index contributed by atoms with van der Waals surface area (Å²) in [6.45, 7) is 12.0. The zero-order valence-electron chi connectivity index (χ0n) is 21.0. The van der Waals surface area contributed by atoms with Crippen LogP contribution in [0.2, 0.25) is 0 Å². The topological polar surface area (TPSA) is 93.2 Å². The van der Waals surface area contributed by atoms with E-state index in [1.807, 2.05) is 59.8 Å². The van der Waals surface area contributed by atoms with Crippen LogP contribution in [0.1, 0.15) is 48.0 Å². The van der Waals surface area contributed by atoms with Gasteiger partial charge in [0.15, 0.2) is 0 Å². The largest absolute Gasteiger partial charge is 0.277 e. The van der Waals surface area contributed by atoms with Crippen molar-refractivity contribution in [3.8, 4) is 0 Å². The van der Waals surface area contributed by atoms with Crippen LogP contribution >= 0.6 is 11.3 Å². The third-order valence-electron chi connectivity index (χ3n) is 4.28. The lowest BCUT2D eigenvalue weighted by molar-refractivity contribution is 0.593. The molecule has 1 aliphatic carbocycles. The van der Waals surface area contributed by atoms with Crippen molar-refractivity contribution < 1.29 is 16.8 Å². The highest BCUT2D eigenvalue weighted by molar-refractivity contribution is 7.93. The molecule has 1 aliphatic rings. The van der Waals surface area contributed by atoms with Gasteiger partial charge in [-0.15, -0.1) is 11.3 Å². The maximum absolute atomic E-state index is 12.9. The Morgan fingerprint density at radius 3 is 2.17 bits per heavy atom. The minimum Gasteiger partial charge on any atom is -0.277 e. The van der Waals surface area contributed by atoms with E-state index >= 15 is 0 Å². The number of sulfone groups is 1. The van der Waals surface area contributed by atoms with Gasteiger partial charge in [0.1, 0.15) is 4.21 Å². The van der Waals surface area contributed by atoms with Crippen LogP contribution in [0.5, 0.6) is 0 Å². The Morgan fingerprint density at radius 2 is 1.51 bits per heavy atom. The standard InChI is InChI=1S/C20H16N2O4S3.3C2H6/c23-28(24,16-9-2-1-3-10-16)17-13-19(27-14-17)29(25,26)22-18-11-5-4-7-15-8-6-12-21-20(15)18;3*1-2/h1-3,5-14,22H,4H2;3*1-2H3. The monoisotopic (exact) mass is 534 g/mol. The fourth-order valence-electron chi connectivity index (χ4n) is 2.86. The maximum atomic E-state index is 12.9. The lowest BCUT2D eigenvalue weighted by Crippen LogP contribution is -2.35. The summed E-state index contributed by atoms with van der Waals surface area (Å²) >= 11 is 0.858. The fourth-order valence-corrected chi connectivity index (χ4v) is 6.83. The third-order valence-corrected chi connectivity index (χ3v) is 8.98. The molecule has 190 valence electrons. The van der Waals surface area contributed by atoms with Crippen LogP contribution in [-0.4, -0.2) is 21.8 Å². The van der Waals surface area contributed by atoms with E-state index in [1.165, 1.54) is 23.6 Å². The first-order valence-corrected chi connectivity index (χ1v) is 15.5. The molecule has 0 fully saturated rings. The highest BCUT2D eigenvalue weighted by Gasteiger charge is 2.24. The van der Waals surface area contributed by atoms with Crippen molar-refractivity contribution >= 4 is 43.0 Å². The molecule has 0 amide bonds. The second-order valence-corrected chi connectivity index (χ2v) is 11.0. The lowest BCUT2D eigenvalue weighted by atomic mass is 10.3. The second-order valence-electron chi connectivity index (χ2n) is 6.22. The van der Waals surface area contributed by atoms with Crippen LogP contribution in [0.4, 0.5) is 0 Å². The third kappa shape index (κ3) is 7.62. The molecule has 0 saturated heterocycles. The number of rotatable bonds is 5. The number of pyridine rings is 1. The molecule has 0 bridgehead atoms. The molecule has 0 saturated carbocycles. The molecule has 1 aromatic carbocycles. The van der Waals surface area contributed by atoms with E-state index in [2.05, 4.69) is 9.71 Å². The van der Waals surface area contributed by atoms with E-state index in [0.717, 1.165) is 16.6 Å². The average Bonchev–Trinajstić information content (AvgIpc) is 3.35. The Kier molecular flexibility index (Phi) is 12.6. The van der Waals surface area contributed by atoms with Gasteiger partial charge >= 0.3 is 0 Å². The van der Waals surface area contributed by atoms with Crippen molar-refractivity contribution in [2.24, 2.45) is 0 Å². The zero-order valence-corrected chi connectivity index (χ0v) is 23.5. The molecule has 4 rings (SSSR count). The Morgan fingerprint density at radius 1 is 0.857 bits per heavy atom. The van der Waals surface area contributed by atoms with Gasteiger partial charge in [-0.25, -0.2) is 16.8 Å². The Bertz CT molecular complexity index is 1420. The Balaban J connectivity index is 0.000000949. The van der Waals surface area contributed by atoms with E-state index in [-0.39, 0.29) is 14.0 Å². The summed E-state index contributed by atoms with van der Waals surface area (Å²) in [5.41, 5.74) is 0.343. The normalized spacial score (nSPS) is 12.1. The molecule has 3 aromatic rings. The van der Waals surface area contributed by atoms with E-state index in [9.17, 15) is 16.8 Å². The molecule has 0 aliphatic heterocycles. The highest BCUT2D eigenvalue weighted by atomic mass is 32.2. The van der Waals surface area contributed by atoms with Crippen LogP contribution < -0.4 is 15.3 Å². The molecule has 0 radical (unpaired) electrons. The van der Waals surface area contributed by atoms with Crippen molar-refractivity contribution in [3.05, 3.63) is 82.8 Å². The number of fused-ring (bicyclic) bond motifs is 1. The number of aromatic nitrogens is 1. The molecule has 2 aromatic heterocycles. The van der Waals surface area contributed by atoms with Crippen LogP contribution in [0.25, 0.3) is 11.8 Å². The predicted octanol–water partition coefficient (Wildman–Crippen LogP) is 4.88. The van der Waals surface area contributed by atoms with E-state index in [0.29, 0.717) is 17.5 Å².